The van der Waals surface area contributed by atoms with Crippen LogP contribution in [0, 0.1) is 14.1 Å². The molecule has 0 aliphatic carbocycles. The third-order valence-corrected chi connectivity index (χ3v) is 5.03. The number of benzene rings is 2. The second-order valence-corrected chi connectivity index (χ2v) is 6.75. The minimum absolute atomic E-state index is 0.142. The smallest absolute Gasteiger partial charge is 0.256 e. The van der Waals surface area contributed by atoms with Crippen LogP contribution >= 0.6 is 56.8 Å². The lowest BCUT2D eigenvalue weighted by Crippen LogP contribution is -2.14. The molecule has 0 spiro atoms. The molecular weight excluding hydrogens is 487 g/mol. The van der Waals surface area contributed by atoms with Gasteiger partial charge in [-0.15, -0.1) is 0 Å². The fourth-order valence-electron chi connectivity index (χ4n) is 1.60. The number of aryl methyl sites for hydroxylation is 1. The summed E-state index contributed by atoms with van der Waals surface area (Å²) in [6.45, 7) is 1.98. The number of hydrogen-bond acceptors (Lipinski definition) is 1. The molecule has 0 saturated carbocycles. The van der Waals surface area contributed by atoms with Gasteiger partial charge < -0.3 is 5.32 Å². The number of rotatable bonds is 2. The molecule has 0 bridgehead atoms. The van der Waals surface area contributed by atoms with Gasteiger partial charge in [-0.2, -0.15) is 0 Å². The number of carbonyl (C=O) groups excluding carboxylic acids is 1. The summed E-state index contributed by atoms with van der Waals surface area (Å²) in [6, 6.07) is 11.2. The number of hydrogen-bond donors (Lipinski definition) is 1. The summed E-state index contributed by atoms with van der Waals surface area (Å²) >= 11 is 10.5. The summed E-state index contributed by atoms with van der Waals surface area (Å²) < 4.78 is 1.99. The van der Waals surface area contributed by atoms with Crippen LogP contribution in [0.5, 0.6) is 0 Å². The highest BCUT2D eigenvalue weighted by molar-refractivity contribution is 14.1. The first-order chi connectivity index (χ1) is 8.99. The van der Waals surface area contributed by atoms with Crippen molar-refractivity contribution in [3.63, 3.8) is 0 Å². The average molecular weight is 498 g/mol. The van der Waals surface area contributed by atoms with Crippen molar-refractivity contribution in [2.75, 3.05) is 5.32 Å². The number of amides is 1. The molecule has 5 heteroatoms. The summed E-state index contributed by atoms with van der Waals surface area (Å²) in [5.74, 6) is -0.142. The maximum atomic E-state index is 12.2. The van der Waals surface area contributed by atoms with E-state index in [0.717, 1.165) is 12.7 Å². The first kappa shape index (κ1) is 15.1. The molecule has 19 heavy (non-hydrogen) atoms. The first-order valence-electron chi connectivity index (χ1n) is 5.50. The molecule has 2 aromatic rings. The molecule has 0 aliphatic heterocycles. The molecule has 98 valence electrons. The molecule has 0 unspecified atom stereocenters. The van der Waals surface area contributed by atoms with Gasteiger partial charge in [0.05, 0.1) is 16.3 Å². The van der Waals surface area contributed by atoms with Crippen molar-refractivity contribution in [3.05, 3.63) is 59.7 Å². The Morgan fingerprint density at radius 3 is 2.63 bits per heavy atom. The highest BCUT2D eigenvalue weighted by Gasteiger charge is 2.12. The maximum Gasteiger partial charge on any atom is 0.256 e. The van der Waals surface area contributed by atoms with Gasteiger partial charge >= 0.3 is 0 Å². The molecule has 0 radical (unpaired) electrons. The summed E-state index contributed by atoms with van der Waals surface area (Å²) in [5, 5.41) is 3.39. The lowest BCUT2D eigenvalue weighted by Gasteiger charge is -2.10. The molecule has 1 amide bonds. The zero-order chi connectivity index (χ0) is 14.0. The topological polar surface area (TPSA) is 29.1 Å². The Hall–Kier alpha value is -0.340. The zero-order valence-electron chi connectivity index (χ0n) is 10.0. The van der Waals surface area contributed by atoms with Crippen molar-refractivity contribution < 1.29 is 4.79 Å². The monoisotopic (exact) mass is 497 g/mol. The van der Waals surface area contributed by atoms with Gasteiger partial charge in [0.25, 0.3) is 5.91 Å². The van der Waals surface area contributed by atoms with Gasteiger partial charge in [0, 0.05) is 7.14 Å². The molecular formula is C14H10ClI2NO. The van der Waals surface area contributed by atoms with E-state index in [4.69, 9.17) is 11.6 Å². The van der Waals surface area contributed by atoms with Crippen molar-refractivity contribution in [2.24, 2.45) is 0 Å². The highest BCUT2D eigenvalue weighted by Crippen LogP contribution is 2.25. The minimum Gasteiger partial charge on any atom is -0.321 e. The van der Waals surface area contributed by atoms with E-state index < -0.39 is 0 Å². The Morgan fingerprint density at radius 1 is 1.21 bits per heavy atom. The van der Waals surface area contributed by atoms with E-state index >= 15 is 0 Å². The Bertz CT molecular complexity index is 643. The third kappa shape index (κ3) is 3.61. The Labute approximate surface area is 144 Å². The Balaban J connectivity index is 2.28. The van der Waals surface area contributed by atoms with Gasteiger partial charge in [0.2, 0.25) is 0 Å². The van der Waals surface area contributed by atoms with Crippen molar-refractivity contribution in [3.8, 4) is 0 Å². The fraction of sp³-hybridized carbons (Fsp3) is 0.0714. The Kier molecular flexibility index (Phi) is 5.08. The SMILES string of the molecule is Cc1cccc(C(=O)Nc2ccc(I)cc2Cl)c1I. The second-order valence-electron chi connectivity index (χ2n) is 4.01. The van der Waals surface area contributed by atoms with Gasteiger partial charge in [-0.1, -0.05) is 23.7 Å². The molecule has 0 aromatic heterocycles. The van der Waals surface area contributed by atoms with Crippen LogP contribution in [0.3, 0.4) is 0 Å². The summed E-state index contributed by atoms with van der Waals surface area (Å²) in [5.41, 5.74) is 2.38. The standard InChI is InChI=1S/C14H10ClI2NO/c1-8-3-2-4-10(13(8)17)14(19)18-12-6-5-9(16)7-11(12)15/h2-7H,1H3,(H,18,19). The molecule has 2 nitrogen and oxygen atoms in total. The third-order valence-electron chi connectivity index (χ3n) is 2.62. The van der Waals surface area contributed by atoms with E-state index in [1.165, 1.54) is 0 Å². The van der Waals surface area contributed by atoms with Crippen molar-refractivity contribution in [1.29, 1.82) is 0 Å². The second kappa shape index (κ2) is 6.41. The van der Waals surface area contributed by atoms with Crippen LogP contribution in [0.2, 0.25) is 5.02 Å². The predicted octanol–water partition coefficient (Wildman–Crippen LogP) is 5.11. The van der Waals surface area contributed by atoms with Crippen LogP contribution in [0.4, 0.5) is 5.69 Å². The zero-order valence-corrected chi connectivity index (χ0v) is 15.1. The van der Waals surface area contributed by atoms with E-state index in [1.807, 2.05) is 43.3 Å². The van der Waals surface area contributed by atoms with Gasteiger partial charge in [-0.3, -0.25) is 4.79 Å². The van der Waals surface area contributed by atoms with Gasteiger partial charge in [-0.05, 0) is 81.9 Å². The number of anilines is 1. The van der Waals surface area contributed by atoms with E-state index in [2.05, 4.69) is 50.5 Å². The normalized spacial score (nSPS) is 10.3. The largest absolute Gasteiger partial charge is 0.321 e. The quantitative estimate of drug-likeness (QED) is 0.575. The van der Waals surface area contributed by atoms with Crippen LogP contribution in [-0.2, 0) is 0 Å². The fourth-order valence-corrected chi connectivity index (χ4v) is 3.11. The van der Waals surface area contributed by atoms with Gasteiger partial charge in [0.15, 0.2) is 0 Å². The van der Waals surface area contributed by atoms with Gasteiger partial charge in [0.1, 0.15) is 0 Å². The molecule has 0 aliphatic rings. The maximum absolute atomic E-state index is 12.2. The Morgan fingerprint density at radius 2 is 1.95 bits per heavy atom. The van der Waals surface area contributed by atoms with Crippen LogP contribution in [0.1, 0.15) is 15.9 Å². The van der Waals surface area contributed by atoms with E-state index in [1.54, 1.807) is 0 Å². The number of nitrogens with one attached hydrogen (secondary N) is 1. The van der Waals surface area contributed by atoms with E-state index in [0.29, 0.717) is 16.3 Å². The van der Waals surface area contributed by atoms with E-state index in [-0.39, 0.29) is 5.91 Å². The van der Waals surface area contributed by atoms with Crippen LogP contribution in [0.25, 0.3) is 0 Å². The number of carbonyl (C=O) groups is 1. The van der Waals surface area contributed by atoms with Crippen molar-refractivity contribution in [1.82, 2.24) is 0 Å². The lowest BCUT2D eigenvalue weighted by atomic mass is 10.1. The number of halogens is 3. The molecule has 2 rings (SSSR count). The predicted molar refractivity (Wildman–Crippen MR) is 96.0 cm³/mol. The van der Waals surface area contributed by atoms with E-state index in [9.17, 15) is 4.79 Å². The molecule has 0 heterocycles. The molecule has 2 aromatic carbocycles. The lowest BCUT2D eigenvalue weighted by molar-refractivity contribution is 0.102. The molecule has 0 atom stereocenters. The van der Waals surface area contributed by atoms with Crippen molar-refractivity contribution >= 4 is 68.4 Å². The first-order valence-corrected chi connectivity index (χ1v) is 8.04. The summed E-state index contributed by atoms with van der Waals surface area (Å²) in [7, 11) is 0. The molecule has 1 N–H and O–H groups in total. The molecule has 0 saturated heterocycles. The van der Waals surface area contributed by atoms with Crippen LogP contribution in [-0.4, -0.2) is 5.91 Å². The summed E-state index contributed by atoms with van der Waals surface area (Å²) in [6.07, 6.45) is 0. The highest BCUT2D eigenvalue weighted by atomic mass is 127. The van der Waals surface area contributed by atoms with Crippen LogP contribution in [0.15, 0.2) is 36.4 Å². The average Bonchev–Trinajstić information content (AvgIpc) is 2.36. The van der Waals surface area contributed by atoms with Crippen molar-refractivity contribution in [2.45, 2.75) is 6.92 Å². The van der Waals surface area contributed by atoms with Gasteiger partial charge in [-0.25, -0.2) is 0 Å². The van der Waals surface area contributed by atoms with Crippen LogP contribution < -0.4 is 5.32 Å². The minimum atomic E-state index is -0.142. The molecule has 0 fully saturated rings. The summed E-state index contributed by atoms with van der Waals surface area (Å²) in [4.78, 5) is 12.2.